The summed E-state index contributed by atoms with van der Waals surface area (Å²) in [4.78, 5) is 30.4. The number of carbonyl (C=O) groups excluding carboxylic acids is 2. The van der Waals surface area contributed by atoms with Crippen molar-refractivity contribution in [2.24, 2.45) is 0 Å². The Kier molecular flexibility index (Phi) is 12.2. The molecule has 0 radical (unpaired) electrons. The lowest BCUT2D eigenvalue weighted by atomic mass is 9.94. The van der Waals surface area contributed by atoms with Gasteiger partial charge < -0.3 is 10.2 Å². The van der Waals surface area contributed by atoms with Gasteiger partial charge in [0.1, 0.15) is 12.6 Å². The van der Waals surface area contributed by atoms with Crippen LogP contribution in [0, 0.1) is 3.57 Å². The average molecular weight is 805 g/mol. The number of nitrogens with zero attached hydrogens (tertiary/aromatic N) is 2. The fourth-order valence-corrected chi connectivity index (χ4v) is 7.90. The number of sulfonamides is 1. The fourth-order valence-electron chi connectivity index (χ4n) is 5.79. The lowest BCUT2D eigenvalue weighted by Crippen LogP contribution is -2.55. The van der Waals surface area contributed by atoms with Crippen LogP contribution >= 0.6 is 45.8 Å². The Balaban J connectivity index is 1.56. The minimum atomic E-state index is -4.16. The summed E-state index contributed by atoms with van der Waals surface area (Å²) in [5, 5.41) is 3.89. The molecule has 1 atom stereocenters. The highest BCUT2D eigenvalue weighted by molar-refractivity contribution is 14.1. The zero-order valence-electron chi connectivity index (χ0n) is 25.7. The fraction of sp³-hybridized carbons (Fsp3) is 0.278. The summed E-state index contributed by atoms with van der Waals surface area (Å²) in [6.07, 6.45) is 5.18. The summed E-state index contributed by atoms with van der Waals surface area (Å²) in [6.45, 7) is -0.516. The van der Waals surface area contributed by atoms with Crippen molar-refractivity contribution in [1.29, 1.82) is 0 Å². The molecule has 2 amide bonds. The van der Waals surface area contributed by atoms with E-state index in [1.54, 1.807) is 60.7 Å². The van der Waals surface area contributed by atoms with E-state index < -0.39 is 28.5 Å². The standard InChI is InChI=1S/C36H36Cl2IN3O4S/c37-32-21-16-27(22-33(32)38)24-41(34(23-26-10-4-1-5-11-26)36(44)40-29-12-6-2-7-13-29)35(43)25-42(30-19-17-28(39)18-20-30)47(45,46)31-14-8-3-9-15-31/h1,3-5,8-11,14-22,29,34H,2,6-7,12-13,23-25H2,(H,40,44)/t34-/m1/s1. The van der Waals surface area contributed by atoms with Crippen LogP contribution < -0.4 is 9.62 Å². The van der Waals surface area contributed by atoms with E-state index in [0.29, 0.717) is 21.3 Å². The molecular formula is C36H36Cl2IN3O4S. The minimum absolute atomic E-state index is 0.0111. The summed E-state index contributed by atoms with van der Waals surface area (Å²) >= 11 is 14.7. The Morgan fingerprint density at radius 3 is 2.09 bits per heavy atom. The number of rotatable bonds is 12. The van der Waals surface area contributed by atoms with E-state index >= 15 is 0 Å². The Bertz CT molecular complexity index is 1770. The summed E-state index contributed by atoms with van der Waals surface area (Å²) in [5.41, 5.74) is 1.86. The van der Waals surface area contributed by atoms with E-state index in [-0.39, 0.29) is 29.8 Å². The first kappa shape index (κ1) is 35.2. The first-order chi connectivity index (χ1) is 22.6. The van der Waals surface area contributed by atoms with Crippen molar-refractivity contribution >= 4 is 73.3 Å². The molecule has 1 aliphatic rings. The SMILES string of the molecule is O=C(NC1CCCCC1)[C@@H](Cc1ccccc1)N(Cc1ccc(Cl)c(Cl)c1)C(=O)CN(c1ccc(I)cc1)S(=O)(=O)c1ccccc1. The molecular weight excluding hydrogens is 768 g/mol. The zero-order chi connectivity index (χ0) is 33.4. The molecule has 1 aliphatic carbocycles. The van der Waals surface area contributed by atoms with Gasteiger partial charge in [-0.1, -0.05) is 97.1 Å². The third kappa shape index (κ3) is 9.28. The van der Waals surface area contributed by atoms with Crippen LogP contribution in [0.1, 0.15) is 43.2 Å². The van der Waals surface area contributed by atoms with Crippen LogP contribution in [0.15, 0.2) is 108 Å². The first-order valence-corrected chi connectivity index (χ1v) is 18.8. The lowest BCUT2D eigenvalue weighted by Gasteiger charge is -2.35. The Labute approximate surface area is 300 Å². The quantitative estimate of drug-likeness (QED) is 0.148. The molecule has 1 saturated carbocycles. The molecule has 4 aromatic rings. The van der Waals surface area contributed by atoms with Crippen molar-refractivity contribution in [1.82, 2.24) is 10.2 Å². The van der Waals surface area contributed by atoms with Gasteiger partial charge in [0.05, 0.1) is 20.6 Å². The van der Waals surface area contributed by atoms with Crippen LogP contribution in [0.2, 0.25) is 10.0 Å². The van der Waals surface area contributed by atoms with E-state index in [9.17, 15) is 18.0 Å². The maximum Gasteiger partial charge on any atom is 0.264 e. The van der Waals surface area contributed by atoms with Crippen molar-refractivity contribution in [2.75, 3.05) is 10.8 Å². The molecule has 0 aliphatic heterocycles. The van der Waals surface area contributed by atoms with E-state index in [1.807, 2.05) is 30.3 Å². The Morgan fingerprint density at radius 1 is 0.809 bits per heavy atom. The minimum Gasteiger partial charge on any atom is -0.352 e. The molecule has 11 heteroatoms. The molecule has 1 N–H and O–H groups in total. The maximum absolute atomic E-state index is 14.6. The van der Waals surface area contributed by atoms with Gasteiger partial charge in [0.15, 0.2) is 0 Å². The number of hydrogen-bond donors (Lipinski definition) is 1. The predicted molar refractivity (Wildman–Crippen MR) is 196 cm³/mol. The van der Waals surface area contributed by atoms with Gasteiger partial charge in [-0.05, 0) is 95.1 Å². The highest BCUT2D eigenvalue weighted by atomic mass is 127. The molecule has 47 heavy (non-hydrogen) atoms. The zero-order valence-corrected chi connectivity index (χ0v) is 30.2. The van der Waals surface area contributed by atoms with Crippen LogP contribution in [0.25, 0.3) is 0 Å². The molecule has 4 aromatic carbocycles. The van der Waals surface area contributed by atoms with E-state index in [0.717, 1.165) is 45.5 Å². The second-order valence-electron chi connectivity index (χ2n) is 11.6. The van der Waals surface area contributed by atoms with Gasteiger partial charge in [-0.25, -0.2) is 8.42 Å². The number of nitrogens with one attached hydrogen (secondary N) is 1. The summed E-state index contributed by atoms with van der Waals surface area (Å²) in [6, 6.07) is 28.6. The highest BCUT2D eigenvalue weighted by Gasteiger charge is 2.35. The highest BCUT2D eigenvalue weighted by Crippen LogP contribution is 2.28. The second kappa shape index (κ2) is 16.3. The first-order valence-electron chi connectivity index (χ1n) is 15.5. The molecule has 0 unspecified atom stereocenters. The van der Waals surface area contributed by atoms with Gasteiger partial charge in [-0.15, -0.1) is 0 Å². The molecule has 0 saturated heterocycles. The van der Waals surface area contributed by atoms with E-state index in [1.165, 1.54) is 17.0 Å². The lowest BCUT2D eigenvalue weighted by molar-refractivity contribution is -0.140. The Hall–Kier alpha value is -3.12. The van der Waals surface area contributed by atoms with Gasteiger partial charge in [-0.3, -0.25) is 13.9 Å². The Morgan fingerprint density at radius 2 is 1.45 bits per heavy atom. The average Bonchev–Trinajstić information content (AvgIpc) is 3.08. The van der Waals surface area contributed by atoms with E-state index in [4.69, 9.17) is 23.2 Å². The number of carbonyl (C=O) groups is 2. The van der Waals surface area contributed by atoms with Crippen molar-refractivity contribution in [3.8, 4) is 0 Å². The van der Waals surface area contributed by atoms with Crippen LogP contribution in [-0.2, 0) is 32.6 Å². The molecule has 0 heterocycles. The number of anilines is 1. The van der Waals surface area contributed by atoms with Crippen molar-refractivity contribution in [3.63, 3.8) is 0 Å². The van der Waals surface area contributed by atoms with Crippen molar-refractivity contribution < 1.29 is 18.0 Å². The molecule has 0 aromatic heterocycles. The van der Waals surface area contributed by atoms with Crippen LogP contribution in [0.3, 0.4) is 0 Å². The van der Waals surface area contributed by atoms with Gasteiger partial charge in [-0.2, -0.15) is 0 Å². The smallest absolute Gasteiger partial charge is 0.264 e. The third-order valence-electron chi connectivity index (χ3n) is 8.28. The number of hydrogen-bond acceptors (Lipinski definition) is 4. The van der Waals surface area contributed by atoms with Gasteiger partial charge in [0, 0.05) is 22.6 Å². The molecule has 7 nitrogen and oxygen atoms in total. The number of amides is 2. The monoisotopic (exact) mass is 803 g/mol. The van der Waals surface area contributed by atoms with Gasteiger partial charge in [0.25, 0.3) is 10.0 Å². The predicted octanol–water partition coefficient (Wildman–Crippen LogP) is 7.88. The second-order valence-corrected chi connectivity index (χ2v) is 15.5. The summed E-state index contributed by atoms with van der Waals surface area (Å²) < 4.78 is 30.3. The van der Waals surface area contributed by atoms with Crippen LogP contribution in [-0.4, -0.2) is 43.8 Å². The number of halogens is 3. The topological polar surface area (TPSA) is 86.8 Å². The molecule has 0 bridgehead atoms. The van der Waals surface area contributed by atoms with Crippen LogP contribution in [0.4, 0.5) is 5.69 Å². The molecule has 0 spiro atoms. The number of benzene rings is 4. The molecule has 1 fully saturated rings. The van der Waals surface area contributed by atoms with E-state index in [2.05, 4.69) is 27.9 Å². The van der Waals surface area contributed by atoms with Crippen LogP contribution in [0.5, 0.6) is 0 Å². The normalized spacial score (nSPS) is 14.3. The largest absolute Gasteiger partial charge is 0.352 e. The van der Waals surface area contributed by atoms with Crippen molar-refractivity contribution in [2.45, 2.75) is 62.0 Å². The van der Waals surface area contributed by atoms with Gasteiger partial charge >= 0.3 is 0 Å². The molecule has 5 rings (SSSR count). The third-order valence-corrected chi connectivity index (χ3v) is 11.5. The molecule has 246 valence electrons. The maximum atomic E-state index is 14.6. The van der Waals surface area contributed by atoms with Crippen molar-refractivity contribution in [3.05, 3.63) is 128 Å². The van der Waals surface area contributed by atoms with Gasteiger partial charge in [0.2, 0.25) is 11.8 Å². The summed E-state index contributed by atoms with van der Waals surface area (Å²) in [7, 11) is -4.16. The summed E-state index contributed by atoms with van der Waals surface area (Å²) in [5.74, 6) is -0.810.